The van der Waals surface area contributed by atoms with E-state index in [9.17, 15) is 4.79 Å². The molecule has 0 spiro atoms. The van der Waals surface area contributed by atoms with Gasteiger partial charge in [-0.2, -0.15) is 0 Å². The van der Waals surface area contributed by atoms with Crippen molar-refractivity contribution in [3.05, 3.63) is 64.7 Å². The van der Waals surface area contributed by atoms with Gasteiger partial charge >= 0.3 is 0 Å². The molecule has 5 heteroatoms. The van der Waals surface area contributed by atoms with E-state index in [2.05, 4.69) is 0 Å². The average molecular weight is 344 g/mol. The van der Waals surface area contributed by atoms with Crippen LogP contribution in [0, 0.1) is 0 Å². The number of amides is 1. The molecule has 1 amide bonds. The Labute approximate surface area is 146 Å². The number of rotatable bonds is 5. The SMILES string of the molecule is CCN(Cc1ccccc1)C(=O)/C=C/c1cc(Cl)c2c(c1)OCO2. The Hall–Kier alpha value is -2.46. The fourth-order valence-electron chi connectivity index (χ4n) is 2.51. The van der Waals surface area contributed by atoms with Crippen LogP contribution in [0.1, 0.15) is 18.1 Å². The molecule has 0 atom stereocenters. The Balaban J connectivity index is 1.71. The van der Waals surface area contributed by atoms with Crippen molar-refractivity contribution in [1.82, 2.24) is 4.90 Å². The van der Waals surface area contributed by atoms with Crippen LogP contribution in [0.4, 0.5) is 0 Å². The van der Waals surface area contributed by atoms with Crippen LogP contribution < -0.4 is 9.47 Å². The molecule has 124 valence electrons. The van der Waals surface area contributed by atoms with Gasteiger partial charge in [0.2, 0.25) is 12.7 Å². The number of carbonyl (C=O) groups excluding carboxylic acids is 1. The summed E-state index contributed by atoms with van der Waals surface area (Å²) < 4.78 is 10.6. The molecule has 0 bridgehead atoms. The lowest BCUT2D eigenvalue weighted by Gasteiger charge is -2.19. The van der Waals surface area contributed by atoms with Crippen LogP contribution in [-0.2, 0) is 11.3 Å². The lowest BCUT2D eigenvalue weighted by molar-refractivity contribution is -0.126. The lowest BCUT2D eigenvalue weighted by atomic mass is 10.1. The van der Waals surface area contributed by atoms with Crippen molar-refractivity contribution < 1.29 is 14.3 Å². The molecule has 0 saturated carbocycles. The fraction of sp³-hybridized carbons (Fsp3) is 0.211. The maximum Gasteiger partial charge on any atom is 0.246 e. The van der Waals surface area contributed by atoms with Gasteiger partial charge in [0.15, 0.2) is 11.5 Å². The number of fused-ring (bicyclic) bond motifs is 1. The maximum atomic E-state index is 12.4. The molecular formula is C19H18ClNO3. The summed E-state index contributed by atoms with van der Waals surface area (Å²) in [7, 11) is 0. The first-order valence-corrected chi connectivity index (χ1v) is 8.15. The number of nitrogens with zero attached hydrogens (tertiary/aromatic N) is 1. The van der Waals surface area contributed by atoms with Crippen LogP contribution in [0.2, 0.25) is 5.02 Å². The highest BCUT2D eigenvalue weighted by atomic mass is 35.5. The third-order valence-electron chi connectivity index (χ3n) is 3.78. The minimum absolute atomic E-state index is 0.0462. The number of hydrogen-bond donors (Lipinski definition) is 0. The highest BCUT2D eigenvalue weighted by molar-refractivity contribution is 6.32. The van der Waals surface area contributed by atoms with Crippen LogP contribution in [-0.4, -0.2) is 24.1 Å². The standard InChI is InChI=1S/C19H18ClNO3/c1-2-21(12-14-6-4-3-5-7-14)18(22)9-8-15-10-16(20)19-17(11-15)23-13-24-19/h3-11H,2,12-13H2,1H3/b9-8+. The van der Waals surface area contributed by atoms with E-state index < -0.39 is 0 Å². The van der Waals surface area contributed by atoms with Crippen molar-refractivity contribution in [2.24, 2.45) is 0 Å². The minimum atomic E-state index is -0.0462. The summed E-state index contributed by atoms with van der Waals surface area (Å²) in [6.07, 6.45) is 3.30. The van der Waals surface area contributed by atoms with E-state index in [0.29, 0.717) is 29.6 Å². The van der Waals surface area contributed by atoms with E-state index in [0.717, 1.165) is 11.1 Å². The second-order valence-corrected chi connectivity index (χ2v) is 5.82. The predicted molar refractivity (Wildman–Crippen MR) is 94.1 cm³/mol. The molecule has 0 aliphatic carbocycles. The van der Waals surface area contributed by atoms with E-state index in [1.54, 1.807) is 23.1 Å². The molecule has 2 aromatic rings. The van der Waals surface area contributed by atoms with E-state index in [1.165, 1.54) is 0 Å². The number of hydrogen-bond acceptors (Lipinski definition) is 3. The average Bonchev–Trinajstić information content (AvgIpc) is 3.07. The summed E-state index contributed by atoms with van der Waals surface area (Å²) >= 11 is 6.15. The first kappa shape index (κ1) is 16.4. The Morgan fingerprint density at radius 3 is 2.79 bits per heavy atom. The molecule has 0 N–H and O–H groups in total. The molecule has 0 aromatic heterocycles. The van der Waals surface area contributed by atoms with Gasteiger partial charge in [0, 0.05) is 19.2 Å². The van der Waals surface area contributed by atoms with Crippen LogP contribution in [0.5, 0.6) is 11.5 Å². The zero-order valence-corrected chi connectivity index (χ0v) is 14.1. The van der Waals surface area contributed by atoms with Crippen molar-refractivity contribution in [1.29, 1.82) is 0 Å². The highest BCUT2D eigenvalue weighted by Crippen LogP contribution is 2.40. The zero-order chi connectivity index (χ0) is 16.9. The van der Waals surface area contributed by atoms with Crippen molar-refractivity contribution >= 4 is 23.6 Å². The van der Waals surface area contributed by atoms with Crippen LogP contribution in [0.3, 0.4) is 0 Å². The first-order valence-electron chi connectivity index (χ1n) is 7.77. The van der Waals surface area contributed by atoms with E-state index in [4.69, 9.17) is 21.1 Å². The third kappa shape index (κ3) is 3.71. The van der Waals surface area contributed by atoms with Crippen LogP contribution in [0.25, 0.3) is 6.08 Å². The first-order chi connectivity index (χ1) is 11.7. The monoisotopic (exact) mass is 343 g/mol. The number of benzene rings is 2. The highest BCUT2D eigenvalue weighted by Gasteiger charge is 2.17. The number of halogens is 1. The summed E-state index contributed by atoms with van der Waals surface area (Å²) in [5, 5.41) is 0.480. The Morgan fingerprint density at radius 2 is 2.04 bits per heavy atom. The van der Waals surface area contributed by atoms with Gasteiger partial charge < -0.3 is 14.4 Å². The fourth-order valence-corrected chi connectivity index (χ4v) is 2.78. The Bertz CT molecular complexity index is 759. The molecule has 1 heterocycles. The largest absolute Gasteiger partial charge is 0.454 e. The van der Waals surface area contributed by atoms with Gasteiger partial charge in [-0.15, -0.1) is 0 Å². The molecular weight excluding hydrogens is 326 g/mol. The Kier molecular flexibility index (Phi) is 5.06. The quantitative estimate of drug-likeness (QED) is 0.766. The molecule has 1 aliphatic rings. The van der Waals surface area contributed by atoms with Crippen molar-refractivity contribution in [2.45, 2.75) is 13.5 Å². The van der Waals surface area contributed by atoms with Gasteiger partial charge in [0.1, 0.15) is 0 Å². The summed E-state index contributed by atoms with van der Waals surface area (Å²) in [6.45, 7) is 3.36. The van der Waals surface area contributed by atoms with Gasteiger partial charge in [0.25, 0.3) is 0 Å². The summed E-state index contributed by atoms with van der Waals surface area (Å²) in [6, 6.07) is 13.5. The second kappa shape index (κ2) is 7.41. The molecule has 2 aromatic carbocycles. The van der Waals surface area contributed by atoms with Crippen LogP contribution >= 0.6 is 11.6 Å². The molecule has 3 rings (SSSR count). The molecule has 0 saturated heterocycles. The van der Waals surface area contributed by atoms with Crippen molar-refractivity contribution in [3.63, 3.8) is 0 Å². The van der Waals surface area contributed by atoms with Gasteiger partial charge in [-0.3, -0.25) is 4.79 Å². The molecule has 1 aliphatic heterocycles. The summed E-state index contributed by atoms with van der Waals surface area (Å²) in [4.78, 5) is 14.2. The number of ether oxygens (including phenoxy) is 2. The molecule has 0 radical (unpaired) electrons. The molecule has 0 fully saturated rings. The molecule has 4 nitrogen and oxygen atoms in total. The Morgan fingerprint density at radius 1 is 1.25 bits per heavy atom. The van der Waals surface area contributed by atoms with Crippen molar-refractivity contribution in [2.75, 3.05) is 13.3 Å². The minimum Gasteiger partial charge on any atom is -0.454 e. The third-order valence-corrected chi connectivity index (χ3v) is 4.06. The normalized spacial score (nSPS) is 12.6. The summed E-state index contributed by atoms with van der Waals surface area (Å²) in [5.74, 6) is 1.11. The van der Waals surface area contributed by atoms with Gasteiger partial charge in [-0.1, -0.05) is 41.9 Å². The lowest BCUT2D eigenvalue weighted by Crippen LogP contribution is -2.28. The van der Waals surface area contributed by atoms with Crippen LogP contribution in [0.15, 0.2) is 48.5 Å². The topological polar surface area (TPSA) is 38.8 Å². The predicted octanol–water partition coefficient (Wildman–Crippen LogP) is 4.13. The summed E-state index contributed by atoms with van der Waals surface area (Å²) in [5.41, 5.74) is 1.90. The molecule has 24 heavy (non-hydrogen) atoms. The number of carbonyl (C=O) groups is 1. The zero-order valence-electron chi connectivity index (χ0n) is 13.4. The smallest absolute Gasteiger partial charge is 0.246 e. The number of likely N-dealkylation sites (N-methyl/N-ethyl adjacent to an activating group) is 1. The van der Waals surface area contributed by atoms with E-state index >= 15 is 0 Å². The van der Waals surface area contributed by atoms with Crippen molar-refractivity contribution in [3.8, 4) is 11.5 Å². The van der Waals surface area contributed by atoms with Gasteiger partial charge in [-0.25, -0.2) is 0 Å². The maximum absolute atomic E-state index is 12.4. The molecule has 0 unspecified atom stereocenters. The van der Waals surface area contributed by atoms with Gasteiger partial charge in [-0.05, 0) is 36.3 Å². The van der Waals surface area contributed by atoms with E-state index in [1.807, 2.05) is 43.3 Å². The second-order valence-electron chi connectivity index (χ2n) is 5.41. The van der Waals surface area contributed by atoms with Gasteiger partial charge in [0.05, 0.1) is 5.02 Å². The van der Waals surface area contributed by atoms with E-state index in [-0.39, 0.29) is 12.7 Å².